The highest BCUT2D eigenvalue weighted by Crippen LogP contribution is 2.21. The third-order valence-electron chi connectivity index (χ3n) is 4.16. The van der Waals surface area contributed by atoms with E-state index in [4.69, 9.17) is 15.2 Å². The molecule has 0 spiro atoms. The number of aromatic nitrogens is 1. The summed E-state index contributed by atoms with van der Waals surface area (Å²) in [6.45, 7) is 3.70. The minimum atomic E-state index is 0.370. The van der Waals surface area contributed by atoms with Crippen LogP contribution in [0.25, 0.3) is 10.9 Å². The summed E-state index contributed by atoms with van der Waals surface area (Å²) < 4.78 is 11.0. The molecule has 22 heavy (non-hydrogen) atoms. The summed E-state index contributed by atoms with van der Waals surface area (Å²) in [7, 11) is 1.66. The molecule has 1 aromatic heterocycles. The Hall–Kier alpha value is -1.85. The minimum Gasteiger partial charge on any atom is -0.497 e. The van der Waals surface area contributed by atoms with Crippen molar-refractivity contribution in [3.05, 3.63) is 30.3 Å². The molecule has 0 radical (unpaired) electrons. The number of fused-ring (bicyclic) bond motifs is 1. The number of rotatable bonds is 5. The highest BCUT2D eigenvalue weighted by Gasteiger charge is 2.15. The predicted molar refractivity (Wildman–Crippen MR) is 87.4 cm³/mol. The number of hydrogen-bond acceptors (Lipinski definition) is 5. The zero-order valence-electron chi connectivity index (χ0n) is 13.0. The van der Waals surface area contributed by atoms with E-state index in [0.717, 1.165) is 49.1 Å². The fourth-order valence-corrected chi connectivity index (χ4v) is 2.74. The second-order valence-electron chi connectivity index (χ2n) is 5.74. The first kappa shape index (κ1) is 15.1. The Morgan fingerprint density at radius 2 is 2.00 bits per heavy atom. The maximum atomic E-state index is 5.91. The average molecular weight is 301 g/mol. The van der Waals surface area contributed by atoms with Crippen LogP contribution in [0.5, 0.6) is 11.6 Å². The molecule has 5 nitrogen and oxygen atoms in total. The molecule has 2 aromatic rings. The summed E-state index contributed by atoms with van der Waals surface area (Å²) in [5.41, 5.74) is 6.80. The quantitative estimate of drug-likeness (QED) is 0.916. The van der Waals surface area contributed by atoms with E-state index in [9.17, 15) is 0 Å². The van der Waals surface area contributed by atoms with Gasteiger partial charge in [0.05, 0.1) is 12.6 Å². The SMILES string of the molecule is COc1ccc2ccc(OCCN3CCC(N)CC3)nc2c1. The zero-order chi connectivity index (χ0) is 15.4. The molecule has 0 amide bonds. The fourth-order valence-electron chi connectivity index (χ4n) is 2.74. The van der Waals surface area contributed by atoms with E-state index < -0.39 is 0 Å². The molecule has 1 aromatic carbocycles. The first-order valence-corrected chi connectivity index (χ1v) is 7.80. The van der Waals surface area contributed by atoms with Crippen molar-refractivity contribution in [2.24, 2.45) is 5.73 Å². The Morgan fingerprint density at radius 1 is 1.23 bits per heavy atom. The first-order valence-electron chi connectivity index (χ1n) is 7.80. The maximum Gasteiger partial charge on any atom is 0.213 e. The van der Waals surface area contributed by atoms with Crippen LogP contribution >= 0.6 is 0 Å². The van der Waals surface area contributed by atoms with Gasteiger partial charge in [0.25, 0.3) is 0 Å². The monoisotopic (exact) mass is 301 g/mol. The Morgan fingerprint density at radius 3 is 2.77 bits per heavy atom. The van der Waals surface area contributed by atoms with Crippen molar-refractivity contribution in [3.8, 4) is 11.6 Å². The number of hydrogen-bond donors (Lipinski definition) is 1. The highest BCUT2D eigenvalue weighted by molar-refractivity contribution is 5.80. The van der Waals surface area contributed by atoms with Crippen molar-refractivity contribution in [2.45, 2.75) is 18.9 Å². The van der Waals surface area contributed by atoms with E-state index in [1.807, 2.05) is 30.3 Å². The number of piperidine rings is 1. The van der Waals surface area contributed by atoms with Gasteiger partial charge in [-0.25, -0.2) is 4.98 Å². The summed E-state index contributed by atoms with van der Waals surface area (Å²) in [6.07, 6.45) is 2.15. The molecule has 118 valence electrons. The molecule has 1 aliphatic heterocycles. The molecule has 3 rings (SSSR count). The number of pyridine rings is 1. The molecule has 0 aliphatic carbocycles. The lowest BCUT2D eigenvalue weighted by atomic mass is 10.1. The Bertz CT molecular complexity index is 624. The van der Waals surface area contributed by atoms with Crippen LogP contribution in [-0.4, -0.2) is 49.3 Å². The predicted octanol–water partition coefficient (Wildman–Crippen LogP) is 2.05. The standard InChI is InChI=1S/C17H23N3O2/c1-21-15-4-2-13-3-5-17(19-16(13)12-15)22-11-10-20-8-6-14(18)7-9-20/h2-5,12,14H,6-11,18H2,1H3. The molecular formula is C17H23N3O2. The molecule has 1 saturated heterocycles. The van der Waals surface area contributed by atoms with E-state index in [1.54, 1.807) is 7.11 Å². The fraction of sp³-hybridized carbons (Fsp3) is 0.471. The van der Waals surface area contributed by atoms with Crippen LogP contribution < -0.4 is 15.2 Å². The molecule has 1 aliphatic rings. The number of methoxy groups -OCH3 is 1. The van der Waals surface area contributed by atoms with Gasteiger partial charge in [-0.15, -0.1) is 0 Å². The van der Waals surface area contributed by atoms with Crippen LogP contribution in [-0.2, 0) is 0 Å². The van der Waals surface area contributed by atoms with E-state index in [1.165, 1.54) is 0 Å². The number of benzene rings is 1. The van der Waals surface area contributed by atoms with Gasteiger partial charge in [-0.2, -0.15) is 0 Å². The van der Waals surface area contributed by atoms with Gasteiger partial charge in [-0.05, 0) is 44.1 Å². The normalized spacial score (nSPS) is 16.8. The van der Waals surface area contributed by atoms with Crippen LogP contribution in [0.15, 0.2) is 30.3 Å². The maximum absolute atomic E-state index is 5.91. The van der Waals surface area contributed by atoms with Crippen LogP contribution in [0, 0.1) is 0 Å². The van der Waals surface area contributed by atoms with Crippen molar-refractivity contribution >= 4 is 10.9 Å². The molecule has 0 unspecified atom stereocenters. The Labute approximate surface area is 131 Å². The third-order valence-corrected chi connectivity index (χ3v) is 4.16. The largest absolute Gasteiger partial charge is 0.497 e. The van der Waals surface area contributed by atoms with Gasteiger partial charge >= 0.3 is 0 Å². The van der Waals surface area contributed by atoms with Crippen LogP contribution in [0.1, 0.15) is 12.8 Å². The van der Waals surface area contributed by atoms with Gasteiger partial charge in [0.2, 0.25) is 5.88 Å². The molecule has 0 saturated carbocycles. The highest BCUT2D eigenvalue weighted by atomic mass is 16.5. The van der Waals surface area contributed by atoms with E-state index in [-0.39, 0.29) is 0 Å². The third kappa shape index (κ3) is 3.67. The lowest BCUT2D eigenvalue weighted by Gasteiger charge is -2.29. The van der Waals surface area contributed by atoms with Gasteiger partial charge in [-0.1, -0.05) is 0 Å². The Kier molecular flexibility index (Phi) is 4.75. The summed E-state index contributed by atoms with van der Waals surface area (Å²) in [6, 6.07) is 10.2. The van der Waals surface area contributed by atoms with E-state index in [0.29, 0.717) is 18.5 Å². The molecule has 1 fully saturated rings. The van der Waals surface area contributed by atoms with Crippen molar-refractivity contribution < 1.29 is 9.47 Å². The number of ether oxygens (including phenoxy) is 2. The summed E-state index contributed by atoms with van der Waals surface area (Å²) in [4.78, 5) is 6.93. The van der Waals surface area contributed by atoms with Crippen LogP contribution in [0.4, 0.5) is 0 Å². The molecule has 5 heteroatoms. The summed E-state index contributed by atoms with van der Waals surface area (Å²) >= 11 is 0. The van der Waals surface area contributed by atoms with Crippen molar-refractivity contribution in [1.29, 1.82) is 0 Å². The van der Waals surface area contributed by atoms with Crippen molar-refractivity contribution in [1.82, 2.24) is 9.88 Å². The Balaban J connectivity index is 1.57. The summed E-state index contributed by atoms with van der Waals surface area (Å²) in [5.74, 6) is 1.47. The molecule has 2 N–H and O–H groups in total. The van der Waals surface area contributed by atoms with E-state index in [2.05, 4.69) is 9.88 Å². The zero-order valence-corrected chi connectivity index (χ0v) is 13.0. The van der Waals surface area contributed by atoms with E-state index >= 15 is 0 Å². The molecule has 0 atom stereocenters. The van der Waals surface area contributed by atoms with Gasteiger partial charge in [0, 0.05) is 30.1 Å². The van der Waals surface area contributed by atoms with Crippen molar-refractivity contribution in [3.63, 3.8) is 0 Å². The van der Waals surface area contributed by atoms with Crippen LogP contribution in [0.3, 0.4) is 0 Å². The lowest BCUT2D eigenvalue weighted by Crippen LogP contribution is -2.41. The van der Waals surface area contributed by atoms with Gasteiger partial charge in [0.15, 0.2) is 0 Å². The topological polar surface area (TPSA) is 60.6 Å². The second kappa shape index (κ2) is 6.94. The van der Waals surface area contributed by atoms with Crippen LogP contribution in [0.2, 0.25) is 0 Å². The number of nitrogens with zero attached hydrogens (tertiary/aromatic N) is 2. The smallest absolute Gasteiger partial charge is 0.213 e. The van der Waals surface area contributed by atoms with Gasteiger partial charge < -0.3 is 15.2 Å². The second-order valence-corrected chi connectivity index (χ2v) is 5.74. The first-order chi connectivity index (χ1) is 10.7. The molecule has 0 bridgehead atoms. The summed E-state index contributed by atoms with van der Waals surface area (Å²) in [5, 5.41) is 1.08. The van der Waals surface area contributed by atoms with Gasteiger partial charge in [-0.3, -0.25) is 4.90 Å². The lowest BCUT2D eigenvalue weighted by molar-refractivity contribution is 0.172. The number of nitrogens with two attached hydrogens (primary N) is 1. The van der Waals surface area contributed by atoms with Gasteiger partial charge in [0.1, 0.15) is 12.4 Å². The average Bonchev–Trinajstić information content (AvgIpc) is 2.56. The molecular weight excluding hydrogens is 278 g/mol. The van der Waals surface area contributed by atoms with Crippen molar-refractivity contribution in [2.75, 3.05) is 33.4 Å². The molecule has 2 heterocycles. The minimum absolute atomic E-state index is 0.370. The number of likely N-dealkylation sites (tertiary alicyclic amines) is 1.